The second-order valence-corrected chi connectivity index (χ2v) is 4.67. The molecule has 94 valence electrons. The lowest BCUT2D eigenvalue weighted by Gasteiger charge is -2.21. The van der Waals surface area contributed by atoms with Crippen molar-refractivity contribution in [3.63, 3.8) is 0 Å². The number of anilines is 1. The van der Waals surface area contributed by atoms with E-state index < -0.39 is 0 Å². The number of rotatable bonds is 4. The number of hydrogen-bond acceptors (Lipinski definition) is 2. The van der Waals surface area contributed by atoms with Gasteiger partial charge in [0.1, 0.15) is 0 Å². The number of aryl methyl sites for hydroxylation is 1. The van der Waals surface area contributed by atoms with Crippen LogP contribution in [0.4, 0.5) is 5.69 Å². The highest BCUT2D eigenvalue weighted by atomic mass is 15.1. The number of nitrogens with two attached hydrogens (primary N) is 1. The predicted octanol–water partition coefficient (Wildman–Crippen LogP) is 3.09. The maximum atomic E-state index is 5.67. The van der Waals surface area contributed by atoms with Gasteiger partial charge >= 0.3 is 0 Å². The van der Waals surface area contributed by atoms with Gasteiger partial charge in [0.05, 0.1) is 0 Å². The van der Waals surface area contributed by atoms with E-state index in [9.17, 15) is 0 Å². The van der Waals surface area contributed by atoms with Gasteiger partial charge in [0.15, 0.2) is 0 Å². The molecule has 0 aliphatic rings. The Bertz CT molecular complexity index is 520. The summed E-state index contributed by atoms with van der Waals surface area (Å²) in [5.74, 6) is 0. The fourth-order valence-corrected chi connectivity index (χ4v) is 2.21. The largest absolute Gasteiger partial charge is 0.370 e. The standard InChI is InChI=1S/C16H20N2/c1-13-6-3-4-9-16(13)18(2)12-15-8-5-7-14(10-15)11-17/h3-10H,11-12,17H2,1-2H3. The summed E-state index contributed by atoms with van der Waals surface area (Å²) in [7, 11) is 2.12. The van der Waals surface area contributed by atoms with Crippen molar-refractivity contribution in [2.45, 2.75) is 20.0 Å². The molecule has 2 N–H and O–H groups in total. The zero-order chi connectivity index (χ0) is 13.0. The molecule has 0 radical (unpaired) electrons. The van der Waals surface area contributed by atoms with Crippen LogP contribution in [0.2, 0.25) is 0 Å². The maximum Gasteiger partial charge on any atom is 0.0426 e. The molecule has 2 rings (SSSR count). The SMILES string of the molecule is Cc1ccccc1N(C)Cc1cccc(CN)c1. The van der Waals surface area contributed by atoms with Crippen molar-refractivity contribution in [1.82, 2.24) is 0 Å². The van der Waals surface area contributed by atoms with Gasteiger partial charge in [-0.25, -0.2) is 0 Å². The van der Waals surface area contributed by atoms with Gasteiger partial charge < -0.3 is 10.6 Å². The van der Waals surface area contributed by atoms with Gasteiger partial charge in [-0.2, -0.15) is 0 Å². The van der Waals surface area contributed by atoms with E-state index in [0.717, 1.165) is 6.54 Å². The van der Waals surface area contributed by atoms with Gasteiger partial charge in [0.25, 0.3) is 0 Å². The zero-order valence-corrected chi connectivity index (χ0v) is 11.1. The highest BCUT2D eigenvalue weighted by molar-refractivity contribution is 5.52. The van der Waals surface area contributed by atoms with Crippen molar-refractivity contribution in [2.75, 3.05) is 11.9 Å². The van der Waals surface area contributed by atoms with Gasteiger partial charge in [-0.3, -0.25) is 0 Å². The number of nitrogens with zero attached hydrogens (tertiary/aromatic N) is 1. The van der Waals surface area contributed by atoms with Crippen molar-refractivity contribution in [1.29, 1.82) is 0 Å². The molecule has 0 aliphatic carbocycles. The summed E-state index contributed by atoms with van der Waals surface area (Å²) < 4.78 is 0. The molecular formula is C16H20N2. The number of para-hydroxylation sites is 1. The van der Waals surface area contributed by atoms with E-state index in [-0.39, 0.29) is 0 Å². The Morgan fingerprint density at radius 2 is 1.72 bits per heavy atom. The van der Waals surface area contributed by atoms with Gasteiger partial charge in [-0.15, -0.1) is 0 Å². The van der Waals surface area contributed by atoms with Crippen LogP contribution in [-0.4, -0.2) is 7.05 Å². The second kappa shape index (κ2) is 5.69. The lowest BCUT2D eigenvalue weighted by atomic mass is 10.1. The molecule has 2 aromatic carbocycles. The molecule has 2 heteroatoms. The van der Waals surface area contributed by atoms with Crippen LogP contribution in [0.1, 0.15) is 16.7 Å². The van der Waals surface area contributed by atoms with Crippen LogP contribution in [0.15, 0.2) is 48.5 Å². The average molecular weight is 240 g/mol. The summed E-state index contributed by atoms with van der Waals surface area (Å²) in [5.41, 5.74) is 10.7. The Hall–Kier alpha value is -1.80. The van der Waals surface area contributed by atoms with Crippen LogP contribution in [-0.2, 0) is 13.1 Å². The molecule has 0 aromatic heterocycles. The van der Waals surface area contributed by atoms with E-state index in [1.165, 1.54) is 22.4 Å². The highest BCUT2D eigenvalue weighted by Gasteiger charge is 2.04. The van der Waals surface area contributed by atoms with Crippen LogP contribution in [0.5, 0.6) is 0 Å². The average Bonchev–Trinajstić information content (AvgIpc) is 2.39. The number of benzene rings is 2. The molecule has 18 heavy (non-hydrogen) atoms. The van der Waals surface area contributed by atoms with Gasteiger partial charge in [0.2, 0.25) is 0 Å². The minimum atomic E-state index is 0.599. The van der Waals surface area contributed by atoms with E-state index in [1.807, 2.05) is 0 Å². The first-order valence-electron chi connectivity index (χ1n) is 6.25. The molecular weight excluding hydrogens is 220 g/mol. The smallest absolute Gasteiger partial charge is 0.0426 e. The molecule has 0 saturated heterocycles. The monoisotopic (exact) mass is 240 g/mol. The summed E-state index contributed by atoms with van der Waals surface area (Å²) in [4.78, 5) is 2.27. The normalized spacial score (nSPS) is 10.4. The van der Waals surface area contributed by atoms with Gasteiger partial charge in [-0.1, -0.05) is 42.5 Å². The van der Waals surface area contributed by atoms with Crippen LogP contribution >= 0.6 is 0 Å². The maximum absolute atomic E-state index is 5.67. The first kappa shape index (κ1) is 12.7. The Balaban J connectivity index is 2.16. The molecule has 0 bridgehead atoms. The molecule has 0 atom stereocenters. The molecule has 0 fully saturated rings. The fraction of sp³-hybridized carbons (Fsp3) is 0.250. The van der Waals surface area contributed by atoms with Crippen LogP contribution in [0.25, 0.3) is 0 Å². The molecule has 2 nitrogen and oxygen atoms in total. The molecule has 0 heterocycles. The zero-order valence-electron chi connectivity index (χ0n) is 11.1. The Morgan fingerprint density at radius 1 is 1.00 bits per heavy atom. The molecule has 0 amide bonds. The predicted molar refractivity (Wildman–Crippen MR) is 77.6 cm³/mol. The Labute approximate surface area is 109 Å². The van der Waals surface area contributed by atoms with Crippen molar-refractivity contribution in [3.8, 4) is 0 Å². The van der Waals surface area contributed by atoms with Crippen molar-refractivity contribution < 1.29 is 0 Å². The third-order valence-electron chi connectivity index (χ3n) is 3.17. The first-order chi connectivity index (χ1) is 8.70. The minimum Gasteiger partial charge on any atom is -0.370 e. The second-order valence-electron chi connectivity index (χ2n) is 4.67. The van der Waals surface area contributed by atoms with Crippen LogP contribution in [0, 0.1) is 6.92 Å². The van der Waals surface area contributed by atoms with Crippen molar-refractivity contribution >= 4 is 5.69 Å². The lowest BCUT2D eigenvalue weighted by Crippen LogP contribution is -2.17. The lowest BCUT2D eigenvalue weighted by molar-refractivity contribution is 0.912. The molecule has 0 aliphatic heterocycles. The van der Waals surface area contributed by atoms with E-state index in [2.05, 4.69) is 67.4 Å². The first-order valence-corrected chi connectivity index (χ1v) is 6.25. The Kier molecular flexibility index (Phi) is 4.00. The summed E-state index contributed by atoms with van der Waals surface area (Å²) in [6.45, 7) is 3.64. The van der Waals surface area contributed by atoms with Crippen LogP contribution in [0.3, 0.4) is 0 Å². The summed E-state index contributed by atoms with van der Waals surface area (Å²) in [6.07, 6.45) is 0. The van der Waals surface area contributed by atoms with E-state index in [4.69, 9.17) is 5.73 Å². The Morgan fingerprint density at radius 3 is 2.44 bits per heavy atom. The van der Waals surface area contributed by atoms with Gasteiger partial charge in [0, 0.05) is 25.8 Å². The van der Waals surface area contributed by atoms with Gasteiger partial charge in [-0.05, 0) is 29.7 Å². The van der Waals surface area contributed by atoms with E-state index in [1.54, 1.807) is 0 Å². The topological polar surface area (TPSA) is 29.3 Å². The molecule has 2 aromatic rings. The third-order valence-corrected chi connectivity index (χ3v) is 3.17. The van der Waals surface area contributed by atoms with E-state index in [0.29, 0.717) is 6.54 Å². The minimum absolute atomic E-state index is 0.599. The third kappa shape index (κ3) is 2.90. The molecule has 0 unspecified atom stereocenters. The highest BCUT2D eigenvalue weighted by Crippen LogP contribution is 2.20. The van der Waals surface area contributed by atoms with E-state index >= 15 is 0 Å². The molecule has 0 saturated carbocycles. The van der Waals surface area contributed by atoms with Crippen LogP contribution < -0.4 is 10.6 Å². The summed E-state index contributed by atoms with van der Waals surface area (Å²) in [5, 5.41) is 0. The van der Waals surface area contributed by atoms with Crippen molar-refractivity contribution in [3.05, 3.63) is 65.2 Å². The fourth-order valence-electron chi connectivity index (χ4n) is 2.21. The number of hydrogen-bond donors (Lipinski definition) is 1. The molecule has 0 spiro atoms. The summed E-state index contributed by atoms with van der Waals surface area (Å²) >= 11 is 0. The summed E-state index contributed by atoms with van der Waals surface area (Å²) in [6, 6.07) is 16.9. The van der Waals surface area contributed by atoms with Crippen molar-refractivity contribution in [2.24, 2.45) is 5.73 Å². The quantitative estimate of drug-likeness (QED) is 0.889.